The Labute approximate surface area is 211 Å². The molecule has 11 heteroatoms. The van der Waals surface area contributed by atoms with Crippen molar-refractivity contribution in [3.63, 3.8) is 0 Å². The van der Waals surface area contributed by atoms with Crippen LogP contribution in [-0.2, 0) is 20.4 Å². The summed E-state index contributed by atoms with van der Waals surface area (Å²) in [7, 11) is 0. The Morgan fingerprint density at radius 3 is 2.57 bits per heavy atom. The van der Waals surface area contributed by atoms with E-state index in [0.29, 0.717) is 0 Å². The van der Waals surface area contributed by atoms with Crippen molar-refractivity contribution < 1.29 is 36.6 Å². The maximum atomic E-state index is 15.3. The van der Waals surface area contributed by atoms with Crippen molar-refractivity contribution in [1.29, 1.82) is 5.26 Å². The van der Waals surface area contributed by atoms with E-state index in [-0.39, 0.29) is 48.5 Å². The van der Waals surface area contributed by atoms with Gasteiger partial charge in [-0.3, -0.25) is 4.79 Å². The number of benzene rings is 2. The van der Waals surface area contributed by atoms with Gasteiger partial charge < -0.3 is 19.3 Å². The summed E-state index contributed by atoms with van der Waals surface area (Å²) in [6.45, 7) is 5.28. The molecule has 0 bridgehead atoms. The zero-order valence-electron chi connectivity index (χ0n) is 20.4. The predicted octanol–water partition coefficient (Wildman–Crippen LogP) is 5.12. The van der Waals surface area contributed by atoms with Gasteiger partial charge in [0.15, 0.2) is 0 Å². The molecular weight excluding hydrogens is 494 g/mol. The zero-order valence-corrected chi connectivity index (χ0v) is 20.4. The summed E-state index contributed by atoms with van der Waals surface area (Å²) < 4.78 is 65.9. The quantitative estimate of drug-likeness (QED) is 0.514. The molecule has 0 radical (unpaired) electrons. The number of likely N-dealkylation sites (tertiary alicyclic amines) is 1. The van der Waals surface area contributed by atoms with Crippen LogP contribution in [0.1, 0.15) is 38.3 Å². The van der Waals surface area contributed by atoms with Crippen molar-refractivity contribution in [1.82, 2.24) is 4.90 Å². The summed E-state index contributed by atoms with van der Waals surface area (Å²) in [6, 6.07) is 7.65. The van der Waals surface area contributed by atoms with Gasteiger partial charge in [-0.1, -0.05) is 12.1 Å². The molecule has 0 unspecified atom stereocenters. The van der Waals surface area contributed by atoms with Crippen LogP contribution in [0.4, 0.5) is 28.0 Å². The van der Waals surface area contributed by atoms with Crippen LogP contribution in [0, 0.1) is 17.1 Å². The summed E-state index contributed by atoms with van der Waals surface area (Å²) in [4.78, 5) is 28.2. The summed E-state index contributed by atoms with van der Waals surface area (Å²) in [5.74, 6) is -1.37. The number of alkyl halides is 3. The Balaban J connectivity index is 1.65. The van der Waals surface area contributed by atoms with Crippen LogP contribution in [0.25, 0.3) is 11.1 Å². The first-order valence-electron chi connectivity index (χ1n) is 11.6. The van der Waals surface area contributed by atoms with E-state index in [1.165, 1.54) is 15.9 Å². The van der Waals surface area contributed by atoms with E-state index in [2.05, 4.69) is 0 Å². The molecule has 2 fully saturated rings. The summed E-state index contributed by atoms with van der Waals surface area (Å²) in [5.41, 5.74) is -1.95. The van der Waals surface area contributed by atoms with Crippen molar-refractivity contribution in [3.05, 3.63) is 53.3 Å². The number of hydrogen-bond donors (Lipinski definition) is 0. The number of amides is 2. The maximum Gasteiger partial charge on any atom is 0.416 e. The summed E-state index contributed by atoms with van der Waals surface area (Å²) >= 11 is 0. The van der Waals surface area contributed by atoms with E-state index in [1.807, 2.05) is 6.07 Å². The monoisotopic (exact) mass is 519 g/mol. The van der Waals surface area contributed by atoms with Crippen molar-refractivity contribution >= 4 is 17.7 Å². The highest BCUT2D eigenvalue weighted by Crippen LogP contribution is 2.37. The number of nitrogens with zero attached hydrogens (tertiary/aromatic N) is 3. The van der Waals surface area contributed by atoms with Crippen molar-refractivity contribution in [2.24, 2.45) is 0 Å². The number of fused-ring (bicyclic) bond motifs is 1. The first-order valence-corrected chi connectivity index (χ1v) is 11.6. The van der Waals surface area contributed by atoms with E-state index in [9.17, 15) is 28.0 Å². The molecule has 2 saturated heterocycles. The minimum Gasteiger partial charge on any atom is -0.444 e. The molecule has 2 aromatic rings. The highest BCUT2D eigenvalue weighted by atomic mass is 19.4. The van der Waals surface area contributed by atoms with E-state index in [0.717, 1.165) is 30.3 Å². The average molecular weight is 519 g/mol. The Morgan fingerprint density at radius 2 is 1.92 bits per heavy atom. The van der Waals surface area contributed by atoms with Gasteiger partial charge in [0.1, 0.15) is 24.1 Å². The number of carbonyl (C=O) groups excluding carboxylic acids is 2. The lowest BCUT2D eigenvalue weighted by Crippen LogP contribution is -2.62. The van der Waals surface area contributed by atoms with Gasteiger partial charge in [0.2, 0.25) is 0 Å². The van der Waals surface area contributed by atoms with Crippen LogP contribution in [0.2, 0.25) is 0 Å². The number of rotatable bonds is 2. The maximum absolute atomic E-state index is 15.3. The third-order valence-electron chi connectivity index (χ3n) is 6.16. The smallest absolute Gasteiger partial charge is 0.416 e. The fraction of sp³-hybridized carbons (Fsp3) is 0.423. The van der Waals surface area contributed by atoms with Crippen molar-refractivity contribution in [2.45, 2.75) is 51.1 Å². The van der Waals surface area contributed by atoms with Crippen LogP contribution in [0.15, 0.2) is 36.4 Å². The van der Waals surface area contributed by atoms with E-state index in [4.69, 9.17) is 9.47 Å². The third-order valence-corrected chi connectivity index (χ3v) is 6.16. The number of piperidine rings is 1. The Morgan fingerprint density at radius 1 is 1.19 bits per heavy atom. The molecule has 7 nitrogen and oxygen atoms in total. The van der Waals surface area contributed by atoms with Gasteiger partial charge in [-0.25, -0.2) is 9.18 Å². The fourth-order valence-electron chi connectivity index (χ4n) is 4.54. The minimum absolute atomic E-state index is 0.00439. The Hall–Kier alpha value is -3.65. The predicted molar refractivity (Wildman–Crippen MR) is 125 cm³/mol. The molecule has 0 spiro atoms. The lowest BCUT2D eigenvalue weighted by atomic mass is 9.95. The van der Waals surface area contributed by atoms with Gasteiger partial charge in [0, 0.05) is 12.1 Å². The van der Waals surface area contributed by atoms with Crippen molar-refractivity contribution in [2.75, 3.05) is 24.6 Å². The second kappa shape index (κ2) is 9.67. The fourth-order valence-corrected chi connectivity index (χ4v) is 4.54. The molecule has 2 amide bonds. The average Bonchev–Trinajstić information content (AvgIpc) is 2.82. The molecule has 2 aromatic carbocycles. The molecule has 2 atom stereocenters. The number of halogens is 4. The molecule has 37 heavy (non-hydrogen) atoms. The number of hydrogen-bond acceptors (Lipinski definition) is 5. The normalized spacial score (nSPS) is 20.3. The van der Waals surface area contributed by atoms with E-state index in [1.54, 1.807) is 20.8 Å². The molecule has 2 aliphatic rings. The molecule has 2 heterocycles. The second-order valence-corrected chi connectivity index (χ2v) is 9.94. The highest BCUT2D eigenvalue weighted by molar-refractivity contribution is 5.97. The molecule has 4 rings (SSSR count). The lowest BCUT2D eigenvalue weighted by Gasteiger charge is -2.46. The standard InChI is InChI=1S/C26H25F4N3O4/c1-25(2,3)37-24(35)32-8-7-20-22(13-32)36-14-23(34)33(20)21-11-19(27)18(10-16(21)12-31)15-5-4-6-17(9-15)26(28,29)30/h4-6,9-11,20,22H,7-8,13-14H2,1-3H3/t20-,22-/m1/s1. The van der Waals surface area contributed by atoms with Gasteiger partial charge in [-0.15, -0.1) is 0 Å². The number of nitriles is 1. The van der Waals surface area contributed by atoms with Crippen LogP contribution < -0.4 is 4.90 Å². The zero-order chi connectivity index (χ0) is 27.1. The number of ether oxygens (including phenoxy) is 2. The number of morpholine rings is 1. The molecule has 0 saturated carbocycles. The SMILES string of the molecule is CC(C)(C)OC(=O)N1CC[C@@H]2[C@@H](C1)OCC(=O)N2c1cc(F)c(-c2cccc(C(F)(F)F)c2)cc1C#N. The van der Waals surface area contributed by atoms with Crippen LogP contribution in [-0.4, -0.2) is 54.3 Å². The molecular formula is C26H25F4N3O4. The first kappa shape index (κ1) is 26.4. The Bertz CT molecular complexity index is 1270. The summed E-state index contributed by atoms with van der Waals surface area (Å²) in [5, 5.41) is 9.81. The van der Waals surface area contributed by atoms with Gasteiger partial charge in [-0.05, 0) is 57.0 Å². The minimum atomic E-state index is -4.62. The molecule has 0 N–H and O–H groups in total. The second-order valence-electron chi connectivity index (χ2n) is 9.94. The van der Waals surface area contributed by atoms with Crippen LogP contribution in [0.3, 0.4) is 0 Å². The van der Waals surface area contributed by atoms with E-state index >= 15 is 4.39 Å². The van der Waals surface area contributed by atoms with Gasteiger partial charge in [0.25, 0.3) is 5.91 Å². The topological polar surface area (TPSA) is 82.9 Å². The molecule has 196 valence electrons. The van der Waals surface area contributed by atoms with Crippen LogP contribution >= 0.6 is 0 Å². The lowest BCUT2D eigenvalue weighted by molar-refractivity contribution is -0.137. The third kappa shape index (κ3) is 5.54. The number of anilines is 1. The Kier molecular flexibility index (Phi) is 6.90. The highest BCUT2D eigenvalue weighted by Gasteiger charge is 2.43. The van der Waals surface area contributed by atoms with Gasteiger partial charge in [0.05, 0.1) is 35.5 Å². The number of carbonyl (C=O) groups is 2. The summed E-state index contributed by atoms with van der Waals surface area (Å²) in [6.07, 6.45) is -5.45. The van der Waals surface area contributed by atoms with Gasteiger partial charge >= 0.3 is 12.3 Å². The van der Waals surface area contributed by atoms with Gasteiger partial charge in [-0.2, -0.15) is 18.4 Å². The first-order chi connectivity index (χ1) is 17.3. The van der Waals surface area contributed by atoms with E-state index < -0.39 is 47.3 Å². The largest absolute Gasteiger partial charge is 0.444 e. The van der Waals surface area contributed by atoms with Crippen molar-refractivity contribution in [3.8, 4) is 17.2 Å². The van der Waals surface area contributed by atoms with Crippen LogP contribution in [0.5, 0.6) is 0 Å². The molecule has 0 aromatic heterocycles. The molecule has 0 aliphatic carbocycles. The molecule has 2 aliphatic heterocycles.